The quantitative estimate of drug-likeness (QED) is 0.576. The molecular formula is C22H21ClN4O3. The lowest BCUT2D eigenvalue weighted by atomic mass is 10.00. The molecule has 4 rings (SSSR count). The van der Waals surface area contributed by atoms with Crippen molar-refractivity contribution in [2.75, 3.05) is 13.7 Å². The molecule has 3 aromatic rings. The molecule has 1 aliphatic heterocycles. The lowest BCUT2D eigenvalue weighted by Gasteiger charge is -2.14. The van der Waals surface area contributed by atoms with Gasteiger partial charge in [-0.3, -0.25) is 14.4 Å². The Balaban J connectivity index is 1.96. The van der Waals surface area contributed by atoms with Gasteiger partial charge in [0.1, 0.15) is 17.6 Å². The number of aromatic nitrogens is 3. The minimum atomic E-state index is -0.547. The maximum absolute atomic E-state index is 12.3. The zero-order valence-corrected chi connectivity index (χ0v) is 17.7. The van der Waals surface area contributed by atoms with Gasteiger partial charge in [-0.15, -0.1) is 10.2 Å². The molecule has 2 aromatic carbocycles. The Morgan fingerprint density at radius 3 is 2.63 bits per heavy atom. The molecule has 0 fully saturated rings. The first kappa shape index (κ1) is 20.1. The second kappa shape index (κ2) is 8.28. The van der Waals surface area contributed by atoms with Gasteiger partial charge in [0.05, 0.1) is 31.5 Å². The first-order valence-electron chi connectivity index (χ1n) is 9.62. The number of hydrogen-bond donors (Lipinski definition) is 0. The molecule has 1 atom stereocenters. The minimum absolute atomic E-state index is 0.0637. The zero-order valence-electron chi connectivity index (χ0n) is 16.9. The van der Waals surface area contributed by atoms with E-state index in [1.807, 2.05) is 54.0 Å². The zero-order chi connectivity index (χ0) is 21.3. The fourth-order valence-corrected chi connectivity index (χ4v) is 3.68. The van der Waals surface area contributed by atoms with E-state index in [0.717, 1.165) is 22.5 Å². The van der Waals surface area contributed by atoms with E-state index in [-0.39, 0.29) is 12.4 Å². The molecule has 0 saturated heterocycles. The summed E-state index contributed by atoms with van der Waals surface area (Å²) in [6.07, 6.45) is 0.0637. The molecule has 1 aliphatic rings. The van der Waals surface area contributed by atoms with Gasteiger partial charge in [0, 0.05) is 16.1 Å². The number of nitrogens with zero attached hydrogens (tertiary/aromatic N) is 4. The van der Waals surface area contributed by atoms with Crippen molar-refractivity contribution in [3.05, 3.63) is 70.3 Å². The molecule has 2 heterocycles. The van der Waals surface area contributed by atoms with Crippen LogP contribution in [0.25, 0.3) is 5.69 Å². The van der Waals surface area contributed by atoms with Crippen LogP contribution in [0.3, 0.4) is 0 Å². The maximum atomic E-state index is 12.3. The number of aryl methyl sites for hydroxylation is 1. The highest BCUT2D eigenvalue weighted by atomic mass is 35.5. The second-order valence-corrected chi connectivity index (χ2v) is 7.27. The average Bonchev–Trinajstić information content (AvgIpc) is 3.06. The van der Waals surface area contributed by atoms with Crippen LogP contribution in [0.1, 0.15) is 42.2 Å². The van der Waals surface area contributed by atoms with Gasteiger partial charge in [0.15, 0.2) is 5.82 Å². The summed E-state index contributed by atoms with van der Waals surface area (Å²) < 4.78 is 12.6. The summed E-state index contributed by atoms with van der Waals surface area (Å²) >= 11 is 6.10. The fourth-order valence-electron chi connectivity index (χ4n) is 3.55. The first-order chi connectivity index (χ1) is 14.5. The number of esters is 1. The molecule has 0 unspecified atom stereocenters. The summed E-state index contributed by atoms with van der Waals surface area (Å²) in [5.41, 5.74) is 3.32. The summed E-state index contributed by atoms with van der Waals surface area (Å²) in [6.45, 7) is 3.96. The second-order valence-electron chi connectivity index (χ2n) is 6.83. The van der Waals surface area contributed by atoms with Gasteiger partial charge in [0.2, 0.25) is 0 Å². The number of methoxy groups -OCH3 is 1. The lowest BCUT2D eigenvalue weighted by molar-refractivity contribution is -0.143. The molecule has 0 amide bonds. The van der Waals surface area contributed by atoms with Gasteiger partial charge < -0.3 is 9.47 Å². The normalized spacial score (nSPS) is 14.9. The third kappa shape index (κ3) is 3.68. The molecule has 0 saturated carbocycles. The molecule has 1 aromatic heterocycles. The maximum Gasteiger partial charge on any atom is 0.308 e. The van der Waals surface area contributed by atoms with Crippen LogP contribution in [-0.4, -0.2) is 40.2 Å². The van der Waals surface area contributed by atoms with E-state index in [1.54, 1.807) is 14.0 Å². The van der Waals surface area contributed by atoms with Crippen molar-refractivity contribution in [1.82, 2.24) is 14.8 Å². The van der Waals surface area contributed by atoms with Crippen LogP contribution in [0.2, 0.25) is 5.02 Å². The molecule has 8 heteroatoms. The number of carbonyl (C=O) groups excluding carboxylic acids is 1. The summed E-state index contributed by atoms with van der Waals surface area (Å²) in [6, 6.07) is 12.7. The lowest BCUT2D eigenvalue weighted by Crippen LogP contribution is -2.13. The highest BCUT2D eigenvalue weighted by molar-refractivity contribution is 6.30. The Labute approximate surface area is 179 Å². The average molecular weight is 425 g/mol. The molecule has 7 nitrogen and oxygen atoms in total. The summed E-state index contributed by atoms with van der Waals surface area (Å²) in [5, 5.41) is 9.21. The SMILES string of the molecule is CCOC(=O)C[C@H]1N=C(c2ccc(Cl)cc2)c2cc(OC)ccc2-n2c(C)nnc21. The van der Waals surface area contributed by atoms with Crippen molar-refractivity contribution in [2.24, 2.45) is 4.99 Å². The van der Waals surface area contributed by atoms with Crippen LogP contribution in [0.5, 0.6) is 5.75 Å². The van der Waals surface area contributed by atoms with Crippen molar-refractivity contribution in [1.29, 1.82) is 0 Å². The Morgan fingerprint density at radius 2 is 1.93 bits per heavy atom. The number of fused-ring (bicyclic) bond motifs is 3. The standard InChI is InChI=1S/C22H21ClN4O3/c1-4-30-20(28)12-18-22-26-25-13(2)27(22)19-10-9-16(29-3)11-17(19)21(24-18)14-5-7-15(23)8-6-14/h5-11,18H,4,12H2,1-3H3/t18-/m1/s1. The van der Waals surface area contributed by atoms with E-state index in [2.05, 4.69) is 10.2 Å². The van der Waals surface area contributed by atoms with Gasteiger partial charge in [-0.1, -0.05) is 23.7 Å². The molecule has 154 valence electrons. The van der Waals surface area contributed by atoms with Gasteiger partial charge in [-0.05, 0) is 44.2 Å². The van der Waals surface area contributed by atoms with Gasteiger partial charge in [-0.25, -0.2) is 0 Å². The molecule has 0 radical (unpaired) electrons. The van der Waals surface area contributed by atoms with Gasteiger partial charge in [0.25, 0.3) is 0 Å². The van der Waals surface area contributed by atoms with Crippen LogP contribution in [0.4, 0.5) is 0 Å². The smallest absolute Gasteiger partial charge is 0.308 e. The van der Waals surface area contributed by atoms with Crippen LogP contribution in [-0.2, 0) is 9.53 Å². The summed E-state index contributed by atoms with van der Waals surface area (Å²) in [5.74, 6) is 1.66. The van der Waals surface area contributed by atoms with Crippen LogP contribution >= 0.6 is 11.6 Å². The predicted molar refractivity (Wildman–Crippen MR) is 114 cm³/mol. The Bertz CT molecular complexity index is 1120. The highest BCUT2D eigenvalue weighted by Crippen LogP contribution is 2.34. The predicted octanol–water partition coefficient (Wildman–Crippen LogP) is 4.08. The molecule has 0 N–H and O–H groups in total. The monoisotopic (exact) mass is 424 g/mol. The third-order valence-corrected chi connectivity index (χ3v) is 5.17. The van der Waals surface area contributed by atoms with Crippen LogP contribution < -0.4 is 4.74 Å². The third-order valence-electron chi connectivity index (χ3n) is 4.92. The number of rotatable bonds is 5. The first-order valence-corrected chi connectivity index (χ1v) is 9.99. The number of hydrogen-bond acceptors (Lipinski definition) is 6. The summed E-state index contributed by atoms with van der Waals surface area (Å²) in [4.78, 5) is 17.3. The number of ether oxygens (including phenoxy) is 2. The van der Waals surface area contributed by atoms with Crippen molar-refractivity contribution in [3.8, 4) is 11.4 Å². The van der Waals surface area contributed by atoms with Crippen LogP contribution in [0.15, 0.2) is 47.5 Å². The largest absolute Gasteiger partial charge is 0.497 e. The van der Waals surface area contributed by atoms with E-state index >= 15 is 0 Å². The highest BCUT2D eigenvalue weighted by Gasteiger charge is 2.30. The number of benzene rings is 2. The molecule has 0 bridgehead atoms. The number of aliphatic imine (C=N–C) groups is 1. The molecule has 0 aliphatic carbocycles. The number of carbonyl (C=O) groups is 1. The van der Waals surface area contributed by atoms with E-state index in [1.165, 1.54) is 0 Å². The Kier molecular flexibility index (Phi) is 5.55. The van der Waals surface area contributed by atoms with Crippen LogP contribution in [0, 0.1) is 6.92 Å². The molecule has 0 spiro atoms. The van der Waals surface area contributed by atoms with Gasteiger partial charge in [-0.2, -0.15) is 0 Å². The number of halogens is 1. The molecule has 30 heavy (non-hydrogen) atoms. The van der Waals surface area contributed by atoms with Crippen molar-refractivity contribution >= 4 is 23.3 Å². The summed E-state index contributed by atoms with van der Waals surface area (Å²) in [7, 11) is 1.62. The van der Waals surface area contributed by atoms with E-state index in [4.69, 9.17) is 26.1 Å². The fraction of sp³-hybridized carbons (Fsp3) is 0.273. The van der Waals surface area contributed by atoms with Crippen molar-refractivity contribution < 1.29 is 14.3 Å². The topological polar surface area (TPSA) is 78.6 Å². The van der Waals surface area contributed by atoms with E-state index in [9.17, 15) is 4.79 Å². The van der Waals surface area contributed by atoms with Crippen molar-refractivity contribution in [3.63, 3.8) is 0 Å². The van der Waals surface area contributed by atoms with Crippen molar-refractivity contribution in [2.45, 2.75) is 26.3 Å². The van der Waals surface area contributed by atoms with E-state index in [0.29, 0.717) is 29.0 Å². The minimum Gasteiger partial charge on any atom is -0.497 e. The van der Waals surface area contributed by atoms with Gasteiger partial charge >= 0.3 is 5.97 Å². The Hall–Kier alpha value is -3.19. The Morgan fingerprint density at radius 1 is 1.17 bits per heavy atom. The molecular weight excluding hydrogens is 404 g/mol. The van der Waals surface area contributed by atoms with E-state index < -0.39 is 6.04 Å².